The Morgan fingerprint density at radius 1 is 1.38 bits per heavy atom. The van der Waals surface area contributed by atoms with Gasteiger partial charge in [0.2, 0.25) is 0 Å². The summed E-state index contributed by atoms with van der Waals surface area (Å²) in [4.78, 5) is 29.5. The fourth-order valence-electron chi connectivity index (χ4n) is 2.48. The van der Waals surface area contributed by atoms with Crippen molar-refractivity contribution in [3.05, 3.63) is 27.2 Å². The van der Waals surface area contributed by atoms with Crippen molar-refractivity contribution in [2.24, 2.45) is 6.98 Å². The second-order valence-corrected chi connectivity index (χ2v) is 6.26. The molecular weight excluding hydrogens is 315 g/mol. The molecule has 0 saturated heterocycles. The average Bonchev–Trinajstić information content (AvgIpc) is 2.93. The normalized spacial score (nSPS) is 14.6. The summed E-state index contributed by atoms with van der Waals surface area (Å²) in [7, 11) is 0. The van der Waals surface area contributed by atoms with Gasteiger partial charge in [-0.1, -0.05) is 0 Å². The topological polar surface area (TPSA) is 71.0 Å². The first-order valence-electron chi connectivity index (χ1n) is 9.45. The number of ether oxygens (including phenoxy) is 1. The van der Waals surface area contributed by atoms with Gasteiger partial charge in [0.1, 0.15) is 12.4 Å². The molecule has 24 heavy (non-hydrogen) atoms. The third-order valence-corrected chi connectivity index (χ3v) is 3.74. The lowest BCUT2D eigenvalue weighted by molar-refractivity contribution is 0.0903. The minimum Gasteiger partial charge on any atom is -0.361 e. The fourth-order valence-corrected chi connectivity index (χ4v) is 2.48. The van der Waals surface area contributed by atoms with Crippen LogP contribution >= 0.6 is 0 Å². The Morgan fingerprint density at radius 2 is 2.12 bits per heavy atom. The maximum absolute atomic E-state index is 13.6. The average molecular weight is 343 g/mol. The SMILES string of the molecule is [2H]C([2H])([2H])n1c(=O)n(CCCCC(C)(C)F)c(=O)c2c1ncn2COCC. The molecule has 0 aromatic carbocycles. The smallest absolute Gasteiger partial charge is 0.332 e. The highest BCUT2D eigenvalue weighted by Crippen LogP contribution is 2.17. The zero-order chi connectivity index (χ0) is 20.4. The number of imidazole rings is 1. The Balaban J connectivity index is 2.52. The van der Waals surface area contributed by atoms with Crippen LogP contribution in [0.3, 0.4) is 0 Å². The minimum atomic E-state index is -2.80. The van der Waals surface area contributed by atoms with Crippen molar-refractivity contribution in [2.75, 3.05) is 6.61 Å². The van der Waals surface area contributed by atoms with E-state index in [0.717, 1.165) is 4.57 Å². The molecule has 2 aromatic rings. The molecule has 2 heterocycles. The molecule has 0 aliphatic heterocycles. The zero-order valence-corrected chi connectivity index (χ0v) is 14.2. The predicted octanol–water partition coefficient (Wildman–Crippen LogP) is 1.81. The largest absolute Gasteiger partial charge is 0.361 e. The number of unbranched alkanes of at least 4 members (excludes halogenated alkanes) is 1. The lowest BCUT2D eigenvalue weighted by Crippen LogP contribution is -2.39. The minimum absolute atomic E-state index is 0.000415. The van der Waals surface area contributed by atoms with Gasteiger partial charge in [0.25, 0.3) is 5.56 Å². The molecule has 7 nitrogen and oxygen atoms in total. The van der Waals surface area contributed by atoms with Gasteiger partial charge in [0, 0.05) is 24.2 Å². The standard InChI is InChI=1S/C16H25FN4O3/c1-5-24-11-20-10-18-13-12(20)14(22)21(15(23)19(13)4)9-7-6-8-16(2,3)17/h10H,5-9,11H2,1-4H3/i4D3. The Bertz CT molecular complexity index is 909. The highest BCUT2D eigenvalue weighted by Gasteiger charge is 2.17. The first kappa shape index (κ1) is 14.4. The van der Waals surface area contributed by atoms with E-state index >= 15 is 0 Å². The number of rotatable bonds is 8. The number of nitrogens with zero attached hydrogens (tertiary/aromatic N) is 4. The summed E-state index contributed by atoms with van der Waals surface area (Å²) in [5, 5.41) is 0. The molecule has 2 rings (SSSR count). The van der Waals surface area contributed by atoms with Gasteiger partial charge in [-0.3, -0.25) is 13.9 Å². The number of hydrogen-bond donors (Lipinski definition) is 0. The molecule has 0 aliphatic rings. The number of alkyl halides is 1. The van der Waals surface area contributed by atoms with Crippen LogP contribution < -0.4 is 11.2 Å². The zero-order valence-electron chi connectivity index (χ0n) is 17.2. The summed E-state index contributed by atoms with van der Waals surface area (Å²) in [6, 6.07) is 0. The van der Waals surface area contributed by atoms with Crippen LogP contribution in [0.5, 0.6) is 0 Å². The van der Waals surface area contributed by atoms with Crippen LogP contribution in [0, 0.1) is 0 Å². The fraction of sp³-hybridized carbons (Fsp3) is 0.688. The van der Waals surface area contributed by atoms with Gasteiger partial charge in [-0.15, -0.1) is 0 Å². The molecule has 0 saturated carbocycles. The lowest BCUT2D eigenvalue weighted by Gasteiger charge is -2.14. The molecule has 0 atom stereocenters. The maximum Gasteiger partial charge on any atom is 0.332 e. The van der Waals surface area contributed by atoms with Crippen molar-refractivity contribution >= 4 is 11.2 Å². The number of halogens is 1. The second kappa shape index (κ2) is 7.29. The molecule has 8 heteroatoms. The number of hydrogen-bond acceptors (Lipinski definition) is 4. The molecule has 0 spiro atoms. The predicted molar refractivity (Wildman–Crippen MR) is 89.9 cm³/mol. The number of aryl methyl sites for hydroxylation is 1. The summed E-state index contributed by atoms with van der Waals surface area (Å²) >= 11 is 0. The van der Waals surface area contributed by atoms with Gasteiger partial charge in [0.15, 0.2) is 11.2 Å². The van der Waals surface area contributed by atoms with E-state index in [-0.39, 0.29) is 30.9 Å². The van der Waals surface area contributed by atoms with Gasteiger partial charge < -0.3 is 9.30 Å². The molecular formula is C16H25FN4O3. The van der Waals surface area contributed by atoms with E-state index in [1.165, 1.54) is 24.7 Å². The Hall–Kier alpha value is -1.96. The Morgan fingerprint density at radius 3 is 2.75 bits per heavy atom. The molecule has 0 fully saturated rings. The van der Waals surface area contributed by atoms with Crippen LogP contribution in [-0.4, -0.2) is 31.0 Å². The summed E-state index contributed by atoms with van der Waals surface area (Å²) in [5.74, 6) is 0. The van der Waals surface area contributed by atoms with Gasteiger partial charge >= 0.3 is 5.69 Å². The first-order chi connectivity index (χ1) is 12.5. The van der Waals surface area contributed by atoms with Crippen molar-refractivity contribution in [3.63, 3.8) is 0 Å². The Kier molecular flexibility index (Phi) is 4.37. The Labute approximate surface area is 143 Å². The quantitative estimate of drug-likeness (QED) is 0.686. The third kappa shape index (κ3) is 3.92. The van der Waals surface area contributed by atoms with E-state index in [1.54, 1.807) is 6.92 Å². The highest BCUT2D eigenvalue weighted by molar-refractivity contribution is 5.69. The molecule has 0 radical (unpaired) electrons. The van der Waals surface area contributed by atoms with E-state index in [4.69, 9.17) is 8.85 Å². The van der Waals surface area contributed by atoms with Crippen LogP contribution in [0.4, 0.5) is 4.39 Å². The molecule has 0 aliphatic carbocycles. The van der Waals surface area contributed by atoms with E-state index < -0.39 is 23.9 Å². The van der Waals surface area contributed by atoms with E-state index in [9.17, 15) is 14.0 Å². The van der Waals surface area contributed by atoms with Crippen molar-refractivity contribution in [1.82, 2.24) is 18.7 Å². The molecule has 0 bridgehead atoms. The summed E-state index contributed by atoms with van der Waals surface area (Å²) in [6.07, 6.45) is 2.38. The molecule has 0 amide bonds. The maximum atomic E-state index is 13.6. The molecule has 0 unspecified atom stereocenters. The van der Waals surface area contributed by atoms with E-state index in [1.807, 2.05) is 0 Å². The van der Waals surface area contributed by atoms with Crippen LogP contribution in [0.15, 0.2) is 15.9 Å². The van der Waals surface area contributed by atoms with Crippen molar-refractivity contribution < 1.29 is 13.2 Å². The van der Waals surface area contributed by atoms with Crippen LogP contribution in [0.1, 0.15) is 44.1 Å². The van der Waals surface area contributed by atoms with E-state index in [0.29, 0.717) is 24.0 Å². The summed E-state index contributed by atoms with van der Waals surface area (Å²) < 4.78 is 44.6. The summed E-state index contributed by atoms with van der Waals surface area (Å²) in [6.45, 7) is 2.31. The van der Waals surface area contributed by atoms with E-state index in [2.05, 4.69) is 4.98 Å². The lowest BCUT2D eigenvalue weighted by atomic mass is 10.0. The molecule has 134 valence electrons. The highest BCUT2D eigenvalue weighted by atomic mass is 19.1. The van der Waals surface area contributed by atoms with Crippen molar-refractivity contribution in [1.29, 1.82) is 0 Å². The van der Waals surface area contributed by atoms with Crippen LogP contribution in [0.25, 0.3) is 11.2 Å². The summed E-state index contributed by atoms with van der Waals surface area (Å²) in [5.41, 5.74) is -3.14. The van der Waals surface area contributed by atoms with Gasteiger partial charge in [-0.25, -0.2) is 14.2 Å². The van der Waals surface area contributed by atoms with Gasteiger partial charge in [0.05, 0.1) is 6.33 Å². The third-order valence-electron chi connectivity index (χ3n) is 3.74. The van der Waals surface area contributed by atoms with Gasteiger partial charge in [-0.2, -0.15) is 0 Å². The number of aromatic nitrogens is 4. The van der Waals surface area contributed by atoms with Crippen LogP contribution in [0.2, 0.25) is 0 Å². The monoisotopic (exact) mass is 343 g/mol. The second-order valence-electron chi connectivity index (χ2n) is 6.26. The molecule has 0 N–H and O–H groups in total. The number of fused-ring (bicyclic) bond motifs is 1. The van der Waals surface area contributed by atoms with Crippen molar-refractivity contribution in [2.45, 2.75) is 59.0 Å². The van der Waals surface area contributed by atoms with Crippen molar-refractivity contribution in [3.8, 4) is 0 Å². The first-order valence-corrected chi connectivity index (χ1v) is 7.95. The van der Waals surface area contributed by atoms with Gasteiger partial charge in [-0.05, 0) is 40.0 Å². The molecule has 2 aromatic heterocycles. The van der Waals surface area contributed by atoms with Crippen LogP contribution in [-0.2, 0) is 25.0 Å².